The summed E-state index contributed by atoms with van der Waals surface area (Å²) in [5.41, 5.74) is 3.18. The van der Waals surface area contributed by atoms with Crippen molar-refractivity contribution in [1.29, 1.82) is 0 Å². The molecule has 0 radical (unpaired) electrons. The first kappa shape index (κ1) is 27.8. The van der Waals surface area contributed by atoms with Gasteiger partial charge in [0.2, 0.25) is 0 Å². The quantitative estimate of drug-likeness (QED) is 0.108. The summed E-state index contributed by atoms with van der Waals surface area (Å²) in [5.74, 6) is 0. The van der Waals surface area contributed by atoms with Crippen molar-refractivity contribution in [2.75, 3.05) is 0 Å². The minimum absolute atomic E-state index is 0.763. The summed E-state index contributed by atoms with van der Waals surface area (Å²) in [7, 11) is -3.65. The average Bonchev–Trinajstić information content (AvgIpc) is 3.74. The van der Waals surface area contributed by atoms with Crippen LogP contribution in [0.3, 0.4) is 0 Å². The number of hydrogen-bond donors (Lipinski definition) is 0. The van der Waals surface area contributed by atoms with Crippen molar-refractivity contribution in [3.05, 3.63) is 164 Å². The van der Waals surface area contributed by atoms with Crippen LogP contribution in [0.15, 0.2) is 173 Å². The van der Waals surface area contributed by atoms with Gasteiger partial charge >= 0.3 is 0 Å². The Morgan fingerprint density at radius 2 is 0.760 bits per heavy atom. The summed E-state index contributed by atoms with van der Waals surface area (Å²) in [6.07, 6.45) is 0. The van der Waals surface area contributed by atoms with Crippen LogP contribution in [0, 0.1) is 0 Å². The van der Waals surface area contributed by atoms with Gasteiger partial charge in [0.25, 0.3) is 0 Å². The van der Waals surface area contributed by atoms with Crippen LogP contribution in [0.25, 0.3) is 87.0 Å². The Morgan fingerprint density at radius 1 is 0.340 bits per heavy atom. The molecule has 2 heterocycles. The molecule has 234 valence electrons. The Hall–Kier alpha value is -6.15. The second kappa shape index (κ2) is 10.2. The van der Waals surface area contributed by atoms with Gasteiger partial charge in [0, 0.05) is 42.8 Å². The van der Waals surface area contributed by atoms with E-state index in [9.17, 15) is 0 Å². The molecule has 0 amide bonds. The molecule has 11 rings (SSSR count). The zero-order chi connectivity index (χ0) is 33.0. The fourth-order valence-corrected chi connectivity index (χ4v) is 11.4. The van der Waals surface area contributed by atoms with Crippen molar-refractivity contribution >= 4 is 110 Å². The van der Waals surface area contributed by atoms with Gasteiger partial charge in [-0.25, -0.2) is 0 Å². The highest BCUT2D eigenvalue weighted by Gasteiger charge is 2.35. The van der Waals surface area contributed by atoms with Gasteiger partial charge in [-0.15, -0.1) is 0 Å². The SMILES string of the molecule is O=P(c1ccc2oc3ccccc3c2c1)(c1ccc2oc3ccccc3c2c1)c1c2ccccc2cc2c3ccccc3c3ccccc3c12. The van der Waals surface area contributed by atoms with E-state index in [1.807, 2.05) is 60.7 Å². The zero-order valence-electron chi connectivity index (χ0n) is 26.8. The molecule has 50 heavy (non-hydrogen) atoms. The van der Waals surface area contributed by atoms with Crippen LogP contribution < -0.4 is 15.9 Å². The van der Waals surface area contributed by atoms with Gasteiger partial charge in [-0.1, -0.05) is 109 Å². The Kier molecular flexibility index (Phi) is 5.65. The molecule has 0 aliphatic heterocycles. The van der Waals surface area contributed by atoms with Crippen LogP contribution in [0.2, 0.25) is 0 Å². The standard InChI is InChI=1S/C46H27O3P/c47-50(29-21-23-43-38(26-29)35-16-7-9-19-41(35)48-43,30-22-24-44-39(27-30)36-17-8-10-20-42(36)49-44)46-31-12-2-1-11-28(31)25-40-34-15-4-3-13-32(34)33-14-5-6-18-37(33)45(40)46/h1-27H. The number of rotatable bonds is 3. The summed E-state index contributed by atoms with van der Waals surface area (Å²) >= 11 is 0. The number of para-hydroxylation sites is 2. The van der Waals surface area contributed by atoms with Gasteiger partial charge in [-0.2, -0.15) is 0 Å². The molecule has 0 saturated carbocycles. The van der Waals surface area contributed by atoms with Gasteiger partial charge in [-0.05, 0) is 92.3 Å². The first-order valence-corrected chi connectivity index (χ1v) is 18.6. The summed E-state index contributed by atoms with van der Waals surface area (Å²) in [6, 6.07) is 56.2. The predicted molar refractivity (Wildman–Crippen MR) is 210 cm³/mol. The summed E-state index contributed by atoms with van der Waals surface area (Å²) < 4.78 is 29.7. The Morgan fingerprint density at radius 3 is 1.34 bits per heavy atom. The van der Waals surface area contributed by atoms with E-state index in [-0.39, 0.29) is 0 Å². The second-order valence-corrected chi connectivity index (χ2v) is 15.8. The van der Waals surface area contributed by atoms with E-state index in [2.05, 4.69) is 103 Å². The fourth-order valence-electron chi connectivity index (χ4n) is 8.26. The lowest BCUT2D eigenvalue weighted by atomic mass is 9.92. The van der Waals surface area contributed by atoms with Crippen molar-refractivity contribution in [2.45, 2.75) is 0 Å². The lowest BCUT2D eigenvalue weighted by molar-refractivity contribution is 0.593. The van der Waals surface area contributed by atoms with Gasteiger partial charge in [0.05, 0.1) is 0 Å². The Balaban J connectivity index is 1.37. The summed E-state index contributed by atoms with van der Waals surface area (Å²) in [6.45, 7) is 0. The molecule has 0 spiro atoms. The van der Waals surface area contributed by atoms with E-state index in [1.54, 1.807) is 0 Å². The molecular formula is C46H27O3P. The first-order chi connectivity index (χ1) is 24.7. The first-order valence-electron chi connectivity index (χ1n) is 16.9. The lowest BCUT2D eigenvalue weighted by Gasteiger charge is -2.25. The molecule has 0 bridgehead atoms. The van der Waals surface area contributed by atoms with Crippen molar-refractivity contribution < 1.29 is 13.4 Å². The molecule has 0 aliphatic rings. The van der Waals surface area contributed by atoms with E-state index in [4.69, 9.17) is 8.83 Å². The lowest BCUT2D eigenvalue weighted by Crippen LogP contribution is -2.26. The second-order valence-electron chi connectivity index (χ2n) is 13.1. The average molecular weight is 659 g/mol. The van der Waals surface area contributed by atoms with E-state index in [0.29, 0.717) is 0 Å². The largest absolute Gasteiger partial charge is 0.456 e. The van der Waals surface area contributed by atoms with Crippen molar-refractivity contribution in [2.24, 2.45) is 0 Å². The predicted octanol–water partition coefficient (Wildman–Crippen LogP) is 11.7. The van der Waals surface area contributed by atoms with Gasteiger partial charge < -0.3 is 13.4 Å². The van der Waals surface area contributed by atoms with Crippen molar-refractivity contribution in [3.8, 4) is 0 Å². The minimum atomic E-state index is -3.65. The smallest absolute Gasteiger partial charge is 0.172 e. The maximum absolute atomic E-state index is 17.2. The van der Waals surface area contributed by atoms with Gasteiger partial charge in [-0.3, -0.25) is 0 Å². The fraction of sp³-hybridized carbons (Fsp3) is 0. The summed E-state index contributed by atoms with van der Waals surface area (Å²) in [5, 5.41) is 15.0. The zero-order valence-corrected chi connectivity index (χ0v) is 27.7. The normalized spacial score (nSPS) is 12.5. The van der Waals surface area contributed by atoms with Crippen LogP contribution in [0.4, 0.5) is 0 Å². The van der Waals surface area contributed by atoms with Crippen molar-refractivity contribution in [3.63, 3.8) is 0 Å². The van der Waals surface area contributed by atoms with Gasteiger partial charge in [0.1, 0.15) is 22.3 Å². The molecule has 11 aromatic rings. The third-order valence-electron chi connectivity index (χ3n) is 10.5. The molecule has 0 aliphatic carbocycles. The van der Waals surface area contributed by atoms with Crippen LogP contribution >= 0.6 is 7.14 Å². The molecule has 0 N–H and O–H groups in total. The van der Waals surface area contributed by atoms with E-state index >= 15 is 4.57 Å². The molecule has 4 heteroatoms. The van der Waals surface area contributed by atoms with Crippen LogP contribution in [-0.4, -0.2) is 0 Å². The molecule has 0 fully saturated rings. The number of hydrogen-bond acceptors (Lipinski definition) is 3. The molecule has 0 unspecified atom stereocenters. The van der Waals surface area contributed by atoms with Gasteiger partial charge in [0.15, 0.2) is 7.14 Å². The molecule has 3 nitrogen and oxygen atoms in total. The maximum atomic E-state index is 17.2. The van der Waals surface area contributed by atoms with Crippen LogP contribution in [0.5, 0.6) is 0 Å². The maximum Gasteiger partial charge on any atom is 0.172 e. The van der Waals surface area contributed by atoms with Crippen LogP contribution in [0.1, 0.15) is 0 Å². The summed E-state index contributed by atoms with van der Waals surface area (Å²) in [4.78, 5) is 0. The number of fused-ring (bicyclic) bond motifs is 13. The Labute approximate surface area is 286 Å². The van der Waals surface area contributed by atoms with E-state index in [1.165, 1.54) is 5.39 Å². The molecule has 9 aromatic carbocycles. The molecule has 0 saturated heterocycles. The number of furan rings is 2. The number of benzene rings is 9. The highest BCUT2D eigenvalue weighted by Crippen LogP contribution is 2.51. The van der Waals surface area contributed by atoms with Crippen molar-refractivity contribution in [1.82, 2.24) is 0 Å². The van der Waals surface area contributed by atoms with E-state index < -0.39 is 7.14 Å². The highest BCUT2D eigenvalue weighted by molar-refractivity contribution is 7.86. The van der Waals surface area contributed by atoms with E-state index in [0.717, 1.165) is 97.5 Å². The van der Waals surface area contributed by atoms with Crippen LogP contribution in [-0.2, 0) is 4.57 Å². The third kappa shape index (κ3) is 3.73. The third-order valence-corrected chi connectivity index (χ3v) is 13.6. The minimum Gasteiger partial charge on any atom is -0.456 e. The monoisotopic (exact) mass is 658 g/mol. The molecular weight excluding hydrogens is 631 g/mol. The topological polar surface area (TPSA) is 43.4 Å². The Bertz CT molecular complexity index is 3140. The molecule has 0 atom stereocenters. The highest BCUT2D eigenvalue weighted by atomic mass is 31.2. The molecule has 2 aromatic heterocycles.